The molecule has 2 rings (SSSR count). The van der Waals surface area contributed by atoms with E-state index in [4.69, 9.17) is 32.7 Å². The average Bonchev–Trinajstić information content (AvgIpc) is 2.70. The topological polar surface area (TPSA) is 122 Å². The monoisotopic (exact) mass is 428 g/mol. The number of nitrogens with zero attached hydrogens (tertiary/aromatic N) is 2. The Labute approximate surface area is 169 Å². The van der Waals surface area contributed by atoms with Crippen LogP contribution in [0.3, 0.4) is 0 Å². The zero-order chi connectivity index (χ0) is 20.7. The van der Waals surface area contributed by atoms with E-state index in [-0.39, 0.29) is 35.7 Å². The van der Waals surface area contributed by atoms with Crippen LogP contribution in [-0.2, 0) is 9.47 Å². The molecule has 0 saturated heterocycles. The van der Waals surface area contributed by atoms with Crippen LogP contribution in [0.4, 0.5) is 16.2 Å². The number of hydrogen-bond donors (Lipinski definition) is 0. The van der Waals surface area contributed by atoms with E-state index in [2.05, 4.69) is 0 Å². The smallest absolute Gasteiger partial charge is 0.432 e. The van der Waals surface area contributed by atoms with Crippen molar-refractivity contribution < 1.29 is 24.1 Å². The Balaban J connectivity index is 1.90. The highest BCUT2D eigenvalue weighted by molar-refractivity contribution is 6.21. The highest BCUT2D eigenvalue weighted by atomic mass is 35.5. The van der Waals surface area contributed by atoms with Crippen molar-refractivity contribution in [3.8, 4) is 0 Å². The van der Waals surface area contributed by atoms with Crippen LogP contribution in [0.25, 0.3) is 0 Å². The minimum atomic E-state index is -1.10. The normalized spacial score (nSPS) is 12.6. The highest BCUT2D eigenvalue weighted by Crippen LogP contribution is 2.31. The maximum atomic E-state index is 11.7. The van der Waals surface area contributed by atoms with Gasteiger partial charge in [-0.3, -0.25) is 20.2 Å². The summed E-state index contributed by atoms with van der Waals surface area (Å²) in [5, 5.41) is 20.1. The molecule has 0 aliphatic rings. The number of carbonyl (C=O) groups excluding carboxylic acids is 1. The summed E-state index contributed by atoms with van der Waals surface area (Å²) in [4.78, 5) is 32.6. The first-order valence-electron chi connectivity index (χ1n) is 7.85. The first kappa shape index (κ1) is 21.4. The SMILES string of the molecule is O=C(OCC(Cl)c1ccccc1[N+](=O)[O-])OCC(Cl)c1ccccc1[N+](=O)[O-]. The van der Waals surface area contributed by atoms with Gasteiger partial charge in [0.25, 0.3) is 11.4 Å². The number of hydrogen-bond acceptors (Lipinski definition) is 7. The number of para-hydroxylation sites is 2. The van der Waals surface area contributed by atoms with Gasteiger partial charge < -0.3 is 9.47 Å². The minimum Gasteiger partial charge on any atom is -0.432 e. The molecular weight excluding hydrogens is 415 g/mol. The highest BCUT2D eigenvalue weighted by Gasteiger charge is 2.23. The van der Waals surface area contributed by atoms with Crippen LogP contribution in [0.15, 0.2) is 48.5 Å². The number of benzene rings is 2. The van der Waals surface area contributed by atoms with Crippen molar-refractivity contribution in [3.05, 3.63) is 79.9 Å². The molecule has 0 fully saturated rings. The molecule has 0 heterocycles. The van der Waals surface area contributed by atoms with E-state index in [1.165, 1.54) is 36.4 Å². The number of carbonyl (C=O) groups is 1. The summed E-state index contributed by atoms with van der Waals surface area (Å²) in [5.74, 6) is 0. The van der Waals surface area contributed by atoms with Crippen LogP contribution >= 0.6 is 23.2 Å². The van der Waals surface area contributed by atoms with Gasteiger partial charge in [0.1, 0.15) is 13.2 Å². The molecule has 9 nitrogen and oxygen atoms in total. The molecule has 2 atom stereocenters. The minimum absolute atomic E-state index is 0.192. The Morgan fingerprint density at radius 1 is 0.821 bits per heavy atom. The summed E-state index contributed by atoms with van der Waals surface area (Å²) in [6, 6.07) is 11.6. The third-order valence-corrected chi connectivity index (χ3v) is 4.36. The largest absolute Gasteiger partial charge is 0.508 e. The van der Waals surface area contributed by atoms with Gasteiger partial charge >= 0.3 is 6.16 Å². The zero-order valence-electron chi connectivity index (χ0n) is 14.2. The molecule has 0 bridgehead atoms. The molecule has 2 aromatic rings. The molecule has 148 valence electrons. The van der Waals surface area contributed by atoms with E-state index in [9.17, 15) is 25.0 Å². The maximum absolute atomic E-state index is 11.7. The Morgan fingerprint density at radius 2 is 1.18 bits per heavy atom. The van der Waals surface area contributed by atoms with Gasteiger partial charge in [-0.15, -0.1) is 23.2 Å². The fraction of sp³-hybridized carbons (Fsp3) is 0.235. The van der Waals surface area contributed by atoms with Gasteiger partial charge in [0.2, 0.25) is 0 Å². The van der Waals surface area contributed by atoms with E-state index in [1.54, 1.807) is 12.1 Å². The van der Waals surface area contributed by atoms with Crippen LogP contribution in [0.5, 0.6) is 0 Å². The molecule has 0 amide bonds. The number of halogens is 2. The molecule has 2 unspecified atom stereocenters. The van der Waals surface area contributed by atoms with Crippen molar-refractivity contribution in [2.24, 2.45) is 0 Å². The van der Waals surface area contributed by atoms with Crippen LogP contribution in [0.1, 0.15) is 21.9 Å². The molecule has 28 heavy (non-hydrogen) atoms. The van der Waals surface area contributed by atoms with Crippen molar-refractivity contribution in [2.45, 2.75) is 10.8 Å². The Hall–Kier alpha value is -2.91. The van der Waals surface area contributed by atoms with Crippen molar-refractivity contribution in [1.29, 1.82) is 0 Å². The lowest BCUT2D eigenvalue weighted by atomic mass is 10.1. The van der Waals surface area contributed by atoms with E-state index in [0.29, 0.717) is 0 Å². The number of ether oxygens (including phenoxy) is 2. The van der Waals surface area contributed by atoms with Gasteiger partial charge in [-0.05, 0) is 0 Å². The molecule has 0 spiro atoms. The summed E-state index contributed by atoms with van der Waals surface area (Å²) in [5.41, 5.74) is -0.0115. The molecule has 0 N–H and O–H groups in total. The van der Waals surface area contributed by atoms with E-state index in [0.717, 1.165) is 0 Å². The number of rotatable bonds is 8. The van der Waals surface area contributed by atoms with Gasteiger partial charge in [-0.25, -0.2) is 4.79 Å². The predicted molar refractivity (Wildman–Crippen MR) is 101 cm³/mol. The van der Waals surface area contributed by atoms with Gasteiger partial charge in [0, 0.05) is 12.1 Å². The molecule has 0 saturated carbocycles. The average molecular weight is 429 g/mol. The summed E-state index contributed by atoms with van der Waals surface area (Å²) in [7, 11) is 0. The summed E-state index contributed by atoms with van der Waals surface area (Å²) in [6.07, 6.45) is -1.10. The van der Waals surface area contributed by atoms with E-state index in [1.807, 2.05) is 0 Å². The summed E-state index contributed by atoms with van der Waals surface area (Å²) >= 11 is 12.2. The van der Waals surface area contributed by atoms with Gasteiger partial charge in [0.05, 0.1) is 31.7 Å². The molecule has 0 aliphatic carbocycles. The number of alkyl halides is 2. The lowest BCUT2D eigenvalue weighted by Gasteiger charge is -2.13. The van der Waals surface area contributed by atoms with Crippen LogP contribution in [0, 0.1) is 20.2 Å². The van der Waals surface area contributed by atoms with E-state index < -0.39 is 26.8 Å². The fourth-order valence-electron chi connectivity index (χ4n) is 2.34. The van der Waals surface area contributed by atoms with Crippen molar-refractivity contribution in [1.82, 2.24) is 0 Å². The zero-order valence-corrected chi connectivity index (χ0v) is 15.7. The summed E-state index contributed by atoms with van der Waals surface area (Å²) < 4.78 is 9.70. The predicted octanol–water partition coefficient (Wildman–Crippen LogP) is 4.92. The van der Waals surface area contributed by atoms with Gasteiger partial charge in [-0.1, -0.05) is 36.4 Å². The first-order valence-corrected chi connectivity index (χ1v) is 8.73. The van der Waals surface area contributed by atoms with Crippen molar-refractivity contribution in [2.75, 3.05) is 13.2 Å². The molecule has 11 heteroatoms. The first-order chi connectivity index (χ1) is 13.3. The van der Waals surface area contributed by atoms with Gasteiger partial charge in [-0.2, -0.15) is 0 Å². The van der Waals surface area contributed by atoms with Crippen molar-refractivity contribution >= 4 is 40.7 Å². The van der Waals surface area contributed by atoms with Crippen LogP contribution in [0.2, 0.25) is 0 Å². The molecule has 0 aliphatic heterocycles. The standard InChI is InChI=1S/C17H14Cl2N2O7/c18-13(11-5-1-3-7-15(11)20(23)24)9-27-17(22)28-10-14(19)12-6-2-4-8-16(12)21(25)26/h1-8,13-14H,9-10H2. The lowest BCUT2D eigenvalue weighted by Crippen LogP contribution is -2.15. The fourth-order valence-corrected chi connectivity index (χ4v) is 2.84. The second-order valence-corrected chi connectivity index (χ2v) is 6.49. The van der Waals surface area contributed by atoms with Crippen LogP contribution in [-0.4, -0.2) is 29.2 Å². The van der Waals surface area contributed by atoms with Crippen LogP contribution < -0.4 is 0 Å². The molecular formula is C17H14Cl2N2O7. The molecule has 0 aromatic heterocycles. The Kier molecular flexibility index (Phi) is 7.53. The Morgan fingerprint density at radius 3 is 1.54 bits per heavy atom. The molecule has 0 radical (unpaired) electrons. The molecule has 2 aromatic carbocycles. The lowest BCUT2D eigenvalue weighted by molar-refractivity contribution is -0.385. The maximum Gasteiger partial charge on any atom is 0.508 e. The number of nitro benzene ring substituents is 2. The van der Waals surface area contributed by atoms with E-state index >= 15 is 0 Å². The van der Waals surface area contributed by atoms with Gasteiger partial charge in [0.15, 0.2) is 0 Å². The third kappa shape index (κ3) is 5.54. The quantitative estimate of drug-likeness (QED) is 0.253. The second-order valence-electron chi connectivity index (χ2n) is 5.44. The number of nitro groups is 2. The Bertz CT molecular complexity index is 809. The second kappa shape index (κ2) is 9.86. The summed E-state index contributed by atoms with van der Waals surface area (Å²) in [6.45, 7) is -0.743. The third-order valence-electron chi connectivity index (χ3n) is 3.64. The van der Waals surface area contributed by atoms with Crippen molar-refractivity contribution in [3.63, 3.8) is 0 Å².